The van der Waals surface area contributed by atoms with E-state index in [9.17, 15) is 0 Å². The average Bonchev–Trinajstić information content (AvgIpc) is 2.44. The molecular formula is C18H27N. The minimum atomic E-state index is 0.544. The Bertz CT molecular complexity index is 419. The van der Waals surface area contributed by atoms with Gasteiger partial charge in [-0.25, -0.2) is 0 Å². The smallest absolute Gasteiger partial charge is 0.0320 e. The molecule has 1 aromatic carbocycles. The summed E-state index contributed by atoms with van der Waals surface area (Å²) in [5.41, 5.74) is 4.46. The number of aryl methyl sites for hydroxylation is 1. The highest BCUT2D eigenvalue weighted by molar-refractivity contribution is 5.26. The van der Waals surface area contributed by atoms with Gasteiger partial charge < -0.3 is 5.32 Å². The van der Waals surface area contributed by atoms with E-state index in [2.05, 4.69) is 49.5 Å². The Morgan fingerprint density at radius 1 is 1.26 bits per heavy atom. The lowest BCUT2D eigenvalue weighted by molar-refractivity contribution is 0.526. The molecule has 1 heteroatoms. The van der Waals surface area contributed by atoms with Crippen LogP contribution in [0.15, 0.2) is 35.9 Å². The highest BCUT2D eigenvalue weighted by Gasteiger charge is 2.16. The van der Waals surface area contributed by atoms with Crippen molar-refractivity contribution in [1.82, 2.24) is 5.32 Å². The van der Waals surface area contributed by atoms with Crippen LogP contribution in [0.4, 0.5) is 0 Å². The molecule has 2 rings (SSSR count). The molecular weight excluding hydrogens is 230 g/mol. The van der Waals surface area contributed by atoms with E-state index in [0.29, 0.717) is 6.04 Å². The van der Waals surface area contributed by atoms with Crippen LogP contribution in [0, 0.1) is 6.92 Å². The summed E-state index contributed by atoms with van der Waals surface area (Å²) in [4.78, 5) is 0. The van der Waals surface area contributed by atoms with E-state index < -0.39 is 0 Å². The fourth-order valence-corrected chi connectivity index (χ4v) is 2.91. The Morgan fingerprint density at radius 3 is 2.84 bits per heavy atom. The first-order valence-corrected chi connectivity index (χ1v) is 7.77. The van der Waals surface area contributed by atoms with Crippen molar-refractivity contribution in [1.29, 1.82) is 0 Å². The molecule has 0 aliphatic heterocycles. The molecule has 1 aliphatic carbocycles. The van der Waals surface area contributed by atoms with Crippen LogP contribution in [0.25, 0.3) is 0 Å². The largest absolute Gasteiger partial charge is 0.310 e. The maximum atomic E-state index is 3.74. The molecule has 0 spiro atoms. The molecule has 0 saturated carbocycles. The van der Waals surface area contributed by atoms with Gasteiger partial charge in [-0.2, -0.15) is 0 Å². The summed E-state index contributed by atoms with van der Waals surface area (Å²) in [7, 11) is 0. The number of hydrogen-bond donors (Lipinski definition) is 1. The van der Waals surface area contributed by atoms with Crippen molar-refractivity contribution in [3.05, 3.63) is 47.0 Å². The molecule has 1 aromatic rings. The quantitative estimate of drug-likeness (QED) is 0.745. The highest BCUT2D eigenvalue weighted by atomic mass is 14.9. The average molecular weight is 257 g/mol. The molecule has 19 heavy (non-hydrogen) atoms. The predicted octanol–water partition coefficient (Wildman–Crippen LogP) is 4.41. The van der Waals surface area contributed by atoms with Gasteiger partial charge in [-0.3, -0.25) is 0 Å². The maximum Gasteiger partial charge on any atom is 0.0320 e. The van der Waals surface area contributed by atoms with E-state index in [4.69, 9.17) is 0 Å². The van der Waals surface area contributed by atoms with Crippen LogP contribution < -0.4 is 5.32 Å². The molecule has 1 unspecified atom stereocenters. The lowest BCUT2D eigenvalue weighted by atomic mass is 9.90. The van der Waals surface area contributed by atoms with Crippen LogP contribution in [0.3, 0.4) is 0 Å². The molecule has 0 fully saturated rings. The first-order chi connectivity index (χ1) is 9.29. The Kier molecular flexibility index (Phi) is 5.65. The second kappa shape index (κ2) is 7.49. The third-order valence-corrected chi connectivity index (χ3v) is 3.94. The molecule has 1 atom stereocenters. The summed E-state index contributed by atoms with van der Waals surface area (Å²) < 4.78 is 0. The molecule has 0 aromatic heterocycles. The van der Waals surface area contributed by atoms with Crippen molar-refractivity contribution >= 4 is 0 Å². The number of benzene rings is 1. The molecule has 0 amide bonds. The third kappa shape index (κ3) is 4.50. The third-order valence-electron chi connectivity index (χ3n) is 3.94. The summed E-state index contributed by atoms with van der Waals surface area (Å²) in [6.07, 6.45) is 10.1. The fraction of sp³-hybridized carbons (Fsp3) is 0.556. The van der Waals surface area contributed by atoms with Gasteiger partial charge in [-0.05, 0) is 57.6 Å². The van der Waals surface area contributed by atoms with E-state index >= 15 is 0 Å². The topological polar surface area (TPSA) is 12.0 Å². The second-order valence-corrected chi connectivity index (χ2v) is 5.72. The van der Waals surface area contributed by atoms with E-state index in [0.717, 1.165) is 13.0 Å². The van der Waals surface area contributed by atoms with Crippen LogP contribution >= 0.6 is 0 Å². The molecule has 1 nitrogen and oxygen atoms in total. The van der Waals surface area contributed by atoms with Crippen molar-refractivity contribution < 1.29 is 0 Å². The molecule has 0 bridgehead atoms. The summed E-state index contributed by atoms with van der Waals surface area (Å²) in [6, 6.07) is 9.48. The summed E-state index contributed by atoms with van der Waals surface area (Å²) in [6.45, 7) is 5.54. The van der Waals surface area contributed by atoms with E-state index in [1.54, 1.807) is 5.57 Å². The van der Waals surface area contributed by atoms with Crippen LogP contribution in [-0.4, -0.2) is 12.6 Å². The van der Waals surface area contributed by atoms with Gasteiger partial charge in [0.2, 0.25) is 0 Å². The fourth-order valence-electron chi connectivity index (χ4n) is 2.91. The lowest BCUT2D eigenvalue weighted by Crippen LogP contribution is -2.34. The number of allylic oxidation sites excluding steroid dienone is 1. The minimum absolute atomic E-state index is 0.544. The van der Waals surface area contributed by atoms with E-state index in [1.165, 1.54) is 43.2 Å². The van der Waals surface area contributed by atoms with Crippen molar-refractivity contribution in [2.75, 3.05) is 6.54 Å². The Hall–Kier alpha value is -1.08. The SMILES string of the molecule is CCCNC(Cc1cccc(C)c1)C1=CCCCC1. The maximum absolute atomic E-state index is 3.74. The van der Waals surface area contributed by atoms with Crippen molar-refractivity contribution in [2.45, 2.75) is 58.4 Å². The van der Waals surface area contributed by atoms with Gasteiger partial charge in [-0.1, -0.05) is 48.4 Å². The van der Waals surface area contributed by atoms with Gasteiger partial charge in [-0.15, -0.1) is 0 Å². The van der Waals surface area contributed by atoms with Gasteiger partial charge in [0.05, 0.1) is 0 Å². The van der Waals surface area contributed by atoms with E-state index in [-0.39, 0.29) is 0 Å². The summed E-state index contributed by atoms with van der Waals surface area (Å²) in [5.74, 6) is 0. The number of rotatable bonds is 6. The monoisotopic (exact) mass is 257 g/mol. The van der Waals surface area contributed by atoms with Gasteiger partial charge in [0.25, 0.3) is 0 Å². The summed E-state index contributed by atoms with van der Waals surface area (Å²) >= 11 is 0. The van der Waals surface area contributed by atoms with Crippen molar-refractivity contribution in [2.24, 2.45) is 0 Å². The first kappa shape index (κ1) is 14.3. The zero-order valence-electron chi connectivity index (χ0n) is 12.4. The van der Waals surface area contributed by atoms with Crippen molar-refractivity contribution in [3.63, 3.8) is 0 Å². The molecule has 1 N–H and O–H groups in total. The zero-order chi connectivity index (χ0) is 13.5. The molecule has 0 radical (unpaired) electrons. The van der Waals surface area contributed by atoms with Gasteiger partial charge in [0, 0.05) is 6.04 Å². The van der Waals surface area contributed by atoms with E-state index in [1.807, 2.05) is 0 Å². The van der Waals surface area contributed by atoms with Crippen molar-refractivity contribution in [3.8, 4) is 0 Å². The lowest BCUT2D eigenvalue weighted by Gasteiger charge is -2.25. The van der Waals surface area contributed by atoms with Crippen LogP contribution in [0.2, 0.25) is 0 Å². The van der Waals surface area contributed by atoms with Gasteiger partial charge >= 0.3 is 0 Å². The predicted molar refractivity (Wildman–Crippen MR) is 83.5 cm³/mol. The Balaban J connectivity index is 2.06. The zero-order valence-corrected chi connectivity index (χ0v) is 12.4. The van der Waals surface area contributed by atoms with Crippen LogP contribution in [0.1, 0.15) is 50.2 Å². The standard InChI is InChI=1S/C18H27N/c1-3-12-19-18(17-10-5-4-6-11-17)14-16-9-7-8-15(2)13-16/h7-10,13,18-19H,3-6,11-12,14H2,1-2H3. The molecule has 104 valence electrons. The normalized spacial score (nSPS) is 17.1. The molecule has 0 heterocycles. The second-order valence-electron chi connectivity index (χ2n) is 5.72. The Labute approximate surface area is 118 Å². The first-order valence-electron chi connectivity index (χ1n) is 7.77. The highest BCUT2D eigenvalue weighted by Crippen LogP contribution is 2.22. The number of nitrogens with one attached hydrogen (secondary N) is 1. The summed E-state index contributed by atoms with van der Waals surface area (Å²) in [5, 5.41) is 3.74. The Morgan fingerprint density at radius 2 is 2.16 bits per heavy atom. The van der Waals surface area contributed by atoms with Crippen LogP contribution in [0.5, 0.6) is 0 Å². The van der Waals surface area contributed by atoms with Gasteiger partial charge in [0.15, 0.2) is 0 Å². The number of hydrogen-bond acceptors (Lipinski definition) is 1. The van der Waals surface area contributed by atoms with Gasteiger partial charge in [0.1, 0.15) is 0 Å². The molecule has 0 saturated heterocycles. The van der Waals surface area contributed by atoms with Crippen LogP contribution in [-0.2, 0) is 6.42 Å². The minimum Gasteiger partial charge on any atom is -0.310 e. The molecule has 1 aliphatic rings.